The fraction of sp³-hybridized carbons (Fsp3) is 0.455. The first-order valence-corrected chi connectivity index (χ1v) is 6.30. The number of hydrogen-bond acceptors (Lipinski definition) is 4. The zero-order valence-electron chi connectivity index (χ0n) is 8.93. The average molecular weight is 263 g/mol. The Morgan fingerprint density at radius 3 is 2.56 bits per heavy atom. The van der Waals surface area contributed by atoms with E-state index in [1.165, 1.54) is 11.8 Å². The molecule has 1 aromatic rings. The largest absolute Gasteiger partial charge is 0.394 e. The first-order valence-electron chi connectivity index (χ1n) is 4.93. The van der Waals surface area contributed by atoms with Crippen molar-refractivity contribution in [2.45, 2.75) is 24.0 Å². The third-order valence-electron chi connectivity index (χ3n) is 2.08. The maximum absolute atomic E-state index is 9.36. The smallest absolute Gasteiger partial charge is 0.0864 e. The fourth-order valence-corrected chi connectivity index (χ4v) is 2.32. The number of thioether (sulfide) groups is 1. The van der Waals surface area contributed by atoms with Crippen LogP contribution in [0.2, 0.25) is 5.02 Å². The van der Waals surface area contributed by atoms with Crippen molar-refractivity contribution in [3.63, 3.8) is 0 Å². The molecule has 0 saturated heterocycles. The Morgan fingerprint density at radius 1 is 1.38 bits per heavy atom. The monoisotopic (exact) mass is 262 g/mol. The van der Waals surface area contributed by atoms with Crippen LogP contribution >= 0.6 is 23.4 Å². The van der Waals surface area contributed by atoms with Crippen molar-refractivity contribution in [2.75, 3.05) is 12.4 Å². The summed E-state index contributed by atoms with van der Waals surface area (Å²) in [5.41, 5.74) is 0.761. The third-order valence-corrected chi connectivity index (χ3v) is 3.72. The van der Waals surface area contributed by atoms with Gasteiger partial charge in [-0.25, -0.2) is 0 Å². The molecule has 0 saturated carbocycles. The van der Waals surface area contributed by atoms with Gasteiger partial charge in [-0.15, -0.1) is 11.8 Å². The van der Waals surface area contributed by atoms with Gasteiger partial charge >= 0.3 is 0 Å². The van der Waals surface area contributed by atoms with E-state index in [-0.39, 0.29) is 6.61 Å². The highest BCUT2D eigenvalue weighted by Crippen LogP contribution is 2.30. The predicted octanol–water partition coefficient (Wildman–Crippen LogP) is 1.84. The van der Waals surface area contributed by atoms with Gasteiger partial charge < -0.3 is 15.3 Å². The Hall–Kier alpha value is -0.260. The molecule has 0 amide bonds. The van der Waals surface area contributed by atoms with Gasteiger partial charge in [0.25, 0.3) is 0 Å². The summed E-state index contributed by atoms with van der Waals surface area (Å²) in [5, 5.41) is 27.8. The molecule has 0 heterocycles. The van der Waals surface area contributed by atoms with Gasteiger partial charge in [0.05, 0.1) is 23.8 Å². The van der Waals surface area contributed by atoms with Crippen molar-refractivity contribution in [3.8, 4) is 0 Å². The highest BCUT2D eigenvalue weighted by Gasteiger charge is 2.08. The number of benzene rings is 1. The number of hydrogen-bond donors (Lipinski definition) is 3. The minimum absolute atomic E-state index is 0.254. The van der Waals surface area contributed by atoms with E-state index >= 15 is 0 Å². The van der Waals surface area contributed by atoms with Crippen molar-refractivity contribution < 1.29 is 15.3 Å². The van der Waals surface area contributed by atoms with E-state index in [4.69, 9.17) is 16.7 Å². The van der Waals surface area contributed by atoms with Crippen molar-refractivity contribution in [1.29, 1.82) is 0 Å². The van der Waals surface area contributed by atoms with Crippen LogP contribution in [0.25, 0.3) is 0 Å². The van der Waals surface area contributed by atoms with Crippen LogP contribution < -0.4 is 0 Å². The number of aliphatic hydroxyl groups is 3. The van der Waals surface area contributed by atoms with Crippen LogP contribution in [0.3, 0.4) is 0 Å². The van der Waals surface area contributed by atoms with Crippen LogP contribution in [0.5, 0.6) is 0 Å². The first kappa shape index (κ1) is 13.8. The maximum Gasteiger partial charge on any atom is 0.0864 e. The second-order valence-corrected chi connectivity index (χ2v) is 4.98. The Morgan fingerprint density at radius 2 is 2.06 bits per heavy atom. The second kappa shape index (κ2) is 6.47. The molecule has 90 valence electrons. The number of aliphatic hydroxyl groups excluding tert-OH is 3. The lowest BCUT2D eigenvalue weighted by molar-refractivity contribution is 0.113. The van der Waals surface area contributed by atoms with Crippen molar-refractivity contribution in [2.24, 2.45) is 0 Å². The average Bonchev–Trinajstić information content (AvgIpc) is 2.26. The molecule has 16 heavy (non-hydrogen) atoms. The quantitative estimate of drug-likeness (QED) is 0.709. The molecule has 0 bridgehead atoms. The fourth-order valence-electron chi connectivity index (χ4n) is 1.13. The van der Waals surface area contributed by atoms with Crippen LogP contribution in [0.15, 0.2) is 23.1 Å². The molecular weight excluding hydrogens is 248 g/mol. The molecule has 0 aliphatic rings. The van der Waals surface area contributed by atoms with Crippen molar-refractivity contribution >= 4 is 23.4 Å². The van der Waals surface area contributed by atoms with Crippen LogP contribution in [0.4, 0.5) is 0 Å². The Kier molecular flexibility index (Phi) is 5.58. The van der Waals surface area contributed by atoms with Crippen molar-refractivity contribution in [3.05, 3.63) is 28.8 Å². The lowest BCUT2D eigenvalue weighted by atomic mass is 10.1. The molecule has 0 fully saturated rings. The summed E-state index contributed by atoms with van der Waals surface area (Å²) >= 11 is 7.40. The van der Waals surface area contributed by atoms with Gasteiger partial charge in [0.1, 0.15) is 0 Å². The Labute approximate surface area is 104 Å². The van der Waals surface area contributed by atoms with E-state index in [9.17, 15) is 10.2 Å². The summed E-state index contributed by atoms with van der Waals surface area (Å²) in [5.74, 6) is 0.393. The van der Waals surface area contributed by atoms with Crippen LogP contribution in [0.1, 0.15) is 18.6 Å². The normalized spacial score (nSPS) is 14.8. The lowest BCUT2D eigenvalue weighted by Gasteiger charge is -2.10. The molecule has 1 aromatic carbocycles. The standard InChI is InChI=1S/C11H15ClO3S/c1-7(14)8-2-3-11(10(12)4-8)16-6-9(15)5-13/h2-4,7,9,13-15H,5-6H2,1H3/t7-,9?/m1/s1. The van der Waals surface area contributed by atoms with Crippen LogP contribution in [-0.4, -0.2) is 33.8 Å². The molecule has 2 atom stereocenters. The molecule has 1 unspecified atom stereocenters. The highest BCUT2D eigenvalue weighted by atomic mass is 35.5. The maximum atomic E-state index is 9.36. The van der Waals surface area contributed by atoms with E-state index in [1.54, 1.807) is 25.1 Å². The zero-order chi connectivity index (χ0) is 12.1. The van der Waals surface area contributed by atoms with E-state index in [0.29, 0.717) is 10.8 Å². The molecule has 3 N–H and O–H groups in total. The molecule has 0 aliphatic heterocycles. The van der Waals surface area contributed by atoms with Gasteiger partial charge in [0, 0.05) is 10.6 Å². The number of rotatable bonds is 5. The lowest BCUT2D eigenvalue weighted by Crippen LogP contribution is -2.14. The van der Waals surface area contributed by atoms with Gasteiger partial charge in [-0.3, -0.25) is 0 Å². The molecule has 0 aromatic heterocycles. The van der Waals surface area contributed by atoms with Gasteiger partial charge in [-0.1, -0.05) is 17.7 Å². The summed E-state index contributed by atoms with van der Waals surface area (Å²) in [4.78, 5) is 0.832. The van der Waals surface area contributed by atoms with Gasteiger partial charge in [0.15, 0.2) is 0 Å². The molecule has 0 radical (unpaired) electrons. The molecule has 0 spiro atoms. The minimum Gasteiger partial charge on any atom is -0.394 e. The van der Waals surface area contributed by atoms with E-state index in [2.05, 4.69) is 0 Å². The summed E-state index contributed by atoms with van der Waals surface area (Å²) < 4.78 is 0. The predicted molar refractivity (Wildman–Crippen MR) is 65.9 cm³/mol. The van der Waals surface area contributed by atoms with Gasteiger partial charge in [-0.2, -0.15) is 0 Å². The zero-order valence-corrected chi connectivity index (χ0v) is 10.5. The second-order valence-electron chi connectivity index (χ2n) is 3.51. The number of halogens is 1. The Bertz CT molecular complexity index is 344. The summed E-state index contributed by atoms with van der Waals surface area (Å²) in [6, 6.07) is 5.31. The van der Waals surface area contributed by atoms with Crippen LogP contribution in [-0.2, 0) is 0 Å². The minimum atomic E-state index is -0.738. The topological polar surface area (TPSA) is 60.7 Å². The molecular formula is C11H15ClO3S. The SMILES string of the molecule is C[C@@H](O)c1ccc(SCC(O)CO)c(Cl)c1. The third kappa shape index (κ3) is 3.96. The summed E-state index contributed by atoms with van der Waals surface area (Å²) in [6.45, 7) is 1.42. The molecule has 0 aliphatic carbocycles. The molecule has 5 heteroatoms. The Balaban J connectivity index is 2.68. The molecule has 3 nitrogen and oxygen atoms in total. The molecule has 1 rings (SSSR count). The highest BCUT2D eigenvalue weighted by molar-refractivity contribution is 7.99. The first-order chi connectivity index (χ1) is 7.54. The van der Waals surface area contributed by atoms with Gasteiger partial charge in [-0.05, 0) is 24.6 Å². The summed E-state index contributed by atoms with van der Waals surface area (Å²) in [6.07, 6.45) is -1.28. The van der Waals surface area contributed by atoms with E-state index in [0.717, 1.165) is 10.5 Å². The van der Waals surface area contributed by atoms with Crippen LogP contribution in [0, 0.1) is 0 Å². The van der Waals surface area contributed by atoms with E-state index in [1.807, 2.05) is 0 Å². The van der Waals surface area contributed by atoms with Gasteiger partial charge in [0.2, 0.25) is 0 Å². The summed E-state index contributed by atoms with van der Waals surface area (Å²) in [7, 11) is 0. The van der Waals surface area contributed by atoms with Crippen molar-refractivity contribution in [1.82, 2.24) is 0 Å². The van der Waals surface area contributed by atoms with E-state index < -0.39 is 12.2 Å².